The number of rotatable bonds is 6. The molecule has 1 N–H and O–H groups in total. The van der Waals surface area contributed by atoms with E-state index in [1.54, 1.807) is 25.1 Å². The van der Waals surface area contributed by atoms with Gasteiger partial charge in [0.25, 0.3) is 0 Å². The molecular formula is C14H15N3O3. The molecule has 0 radical (unpaired) electrons. The number of hydrogen-bond donors (Lipinski definition) is 1. The molecule has 1 aromatic carbocycles. The van der Waals surface area contributed by atoms with E-state index in [2.05, 4.69) is 26.8 Å². The fraction of sp³-hybridized carbons (Fsp3) is 0.214. The van der Waals surface area contributed by atoms with Crippen molar-refractivity contribution in [3.05, 3.63) is 36.9 Å². The van der Waals surface area contributed by atoms with Crippen LogP contribution in [-0.2, 0) is 4.79 Å². The minimum absolute atomic E-state index is 0.145. The molecule has 2 aromatic rings. The molecule has 2 rings (SSSR count). The minimum Gasteiger partial charge on any atom is -0.490 e. The van der Waals surface area contributed by atoms with E-state index >= 15 is 0 Å². The standard InChI is InChI=1S/C14H15N3O3/c1-3-9-19-11-7-5-10(6-8-11)13-14(17-20-16-13)15-12(18)4-2/h3,5-8H,1,4,9H2,2H3,(H,15,17,18). The zero-order valence-corrected chi connectivity index (χ0v) is 11.1. The summed E-state index contributed by atoms with van der Waals surface area (Å²) in [4.78, 5) is 11.4. The first-order chi connectivity index (χ1) is 9.74. The van der Waals surface area contributed by atoms with Crippen molar-refractivity contribution in [2.45, 2.75) is 13.3 Å². The van der Waals surface area contributed by atoms with Crippen LogP contribution in [0.5, 0.6) is 5.75 Å². The summed E-state index contributed by atoms with van der Waals surface area (Å²) < 4.78 is 10.1. The summed E-state index contributed by atoms with van der Waals surface area (Å²) in [5, 5.41) is 10.1. The maximum absolute atomic E-state index is 11.4. The summed E-state index contributed by atoms with van der Waals surface area (Å²) >= 11 is 0. The van der Waals surface area contributed by atoms with Crippen LogP contribution in [0.2, 0.25) is 0 Å². The lowest BCUT2D eigenvalue weighted by Gasteiger charge is -2.04. The lowest BCUT2D eigenvalue weighted by Crippen LogP contribution is -2.10. The maximum Gasteiger partial charge on any atom is 0.225 e. The predicted octanol–water partition coefficient (Wildman–Crippen LogP) is 2.65. The SMILES string of the molecule is C=CCOc1ccc(-c2nonc2NC(=O)CC)cc1. The topological polar surface area (TPSA) is 77.2 Å². The number of benzene rings is 1. The second kappa shape index (κ2) is 6.51. The fourth-order valence-electron chi connectivity index (χ4n) is 1.54. The van der Waals surface area contributed by atoms with Gasteiger partial charge in [0.1, 0.15) is 12.4 Å². The molecule has 0 unspecified atom stereocenters. The van der Waals surface area contributed by atoms with Crippen molar-refractivity contribution >= 4 is 11.7 Å². The number of anilines is 1. The van der Waals surface area contributed by atoms with Crippen LogP contribution in [0.25, 0.3) is 11.3 Å². The molecule has 0 saturated heterocycles. The second-order valence-corrected chi connectivity index (χ2v) is 3.99. The Labute approximate surface area is 116 Å². The average Bonchev–Trinajstić information content (AvgIpc) is 2.93. The fourth-order valence-corrected chi connectivity index (χ4v) is 1.54. The molecule has 20 heavy (non-hydrogen) atoms. The summed E-state index contributed by atoms with van der Waals surface area (Å²) in [7, 11) is 0. The van der Waals surface area contributed by atoms with Gasteiger partial charge in [-0.2, -0.15) is 0 Å². The zero-order valence-electron chi connectivity index (χ0n) is 11.1. The van der Waals surface area contributed by atoms with E-state index in [9.17, 15) is 4.79 Å². The van der Waals surface area contributed by atoms with Gasteiger partial charge in [0.15, 0.2) is 5.69 Å². The van der Waals surface area contributed by atoms with Gasteiger partial charge in [-0.1, -0.05) is 19.6 Å². The molecule has 0 fully saturated rings. The molecule has 0 atom stereocenters. The van der Waals surface area contributed by atoms with E-state index in [1.807, 2.05) is 12.1 Å². The largest absolute Gasteiger partial charge is 0.490 e. The predicted molar refractivity (Wildman–Crippen MR) is 74.3 cm³/mol. The Balaban J connectivity index is 2.17. The molecular weight excluding hydrogens is 258 g/mol. The van der Waals surface area contributed by atoms with Crippen LogP contribution in [0.15, 0.2) is 41.5 Å². The van der Waals surface area contributed by atoms with E-state index in [0.717, 1.165) is 11.3 Å². The van der Waals surface area contributed by atoms with Gasteiger partial charge in [-0.05, 0) is 34.6 Å². The summed E-state index contributed by atoms with van der Waals surface area (Å²) in [5.74, 6) is 0.897. The van der Waals surface area contributed by atoms with E-state index in [-0.39, 0.29) is 5.91 Å². The van der Waals surface area contributed by atoms with Crippen molar-refractivity contribution in [1.82, 2.24) is 10.3 Å². The number of nitrogens with one attached hydrogen (secondary N) is 1. The third kappa shape index (κ3) is 3.23. The first-order valence-corrected chi connectivity index (χ1v) is 6.21. The monoisotopic (exact) mass is 273 g/mol. The van der Waals surface area contributed by atoms with Crippen LogP contribution in [0, 0.1) is 0 Å². The van der Waals surface area contributed by atoms with Crippen LogP contribution in [0.1, 0.15) is 13.3 Å². The highest BCUT2D eigenvalue weighted by atomic mass is 16.6. The van der Waals surface area contributed by atoms with Gasteiger partial charge in [0.05, 0.1) is 0 Å². The van der Waals surface area contributed by atoms with E-state index < -0.39 is 0 Å². The Hall–Kier alpha value is -2.63. The Morgan fingerprint density at radius 2 is 2.15 bits per heavy atom. The molecule has 0 aliphatic carbocycles. The molecule has 6 nitrogen and oxygen atoms in total. The smallest absolute Gasteiger partial charge is 0.225 e. The first-order valence-electron chi connectivity index (χ1n) is 6.21. The van der Waals surface area contributed by atoms with Crippen molar-refractivity contribution in [3.8, 4) is 17.0 Å². The molecule has 104 valence electrons. The van der Waals surface area contributed by atoms with E-state index in [1.165, 1.54) is 0 Å². The van der Waals surface area contributed by atoms with E-state index in [0.29, 0.717) is 24.5 Å². The Morgan fingerprint density at radius 1 is 1.40 bits per heavy atom. The average molecular weight is 273 g/mol. The number of carbonyl (C=O) groups excluding carboxylic acids is 1. The van der Waals surface area contributed by atoms with Crippen molar-refractivity contribution in [2.75, 3.05) is 11.9 Å². The number of amides is 1. The van der Waals surface area contributed by atoms with Crippen LogP contribution in [-0.4, -0.2) is 22.8 Å². The van der Waals surface area contributed by atoms with Crippen LogP contribution in [0.3, 0.4) is 0 Å². The number of ether oxygens (including phenoxy) is 1. The molecule has 0 spiro atoms. The van der Waals surface area contributed by atoms with Gasteiger partial charge in [-0.25, -0.2) is 4.63 Å². The molecule has 0 aliphatic heterocycles. The summed E-state index contributed by atoms with van der Waals surface area (Å²) in [6, 6.07) is 7.25. The number of nitrogens with zero attached hydrogens (tertiary/aromatic N) is 2. The summed E-state index contributed by atoms with van der Waals surface area (Å²) in [6.45, 7) is 5.79. The van der Waals surface area contributed by atoms with Crippen molar-refractivity contribution in [1.29, 1.82) is 0 Å². The Morgan fingerprint density at radius 3 is 2.80 bits per heavy atom. The molecule has 0 aliphatic rings. The number of hydrogen-bond acceptors (Lipinski definition) is 5. The summed E-state index contributed by atoms with van der Waals surface area (Å²) in [6.07, 6.45) is 2.04. The van der Waals surface area contributed by atoms with Gasteiger partial charge in [-0.15, -0.1) is 0 Å². The van der Waals surface area contributed by atoms with Gasteiger partial charge in [0, 0.05) is 12.0 Å². The van der Waals surface area contributed by atoms with Gasteiger partial charge in [-0.3, -0.25) is 4.79 Å². The minimum atomic E-state index is -0.145. The summed E-state index contributed by atoms with van der Waals surface area (Å²) in [5.41, 5.74) is 1.27. The molecule has 1 aromatic heterocycles. The zero-order chi connectivity index (χ0) is 14.4. The highest BCUT2D eigenvalue weighted by molar-refractivity contribution is 5.92. The van der Waals surface area contributed by atoms with Gasteiger partial charge < -0.3 is 10.1 Å². The lowest BCUT2D eigenvalue weighted by molar-refractivity contribution is -0.115. The van der Waals surface area contributed by atoms with Gasteiger partial charge in [0.2, 0.25) is 11.7 Å². The first kappa shape index (κ1) is 13.8. The number of carbonyl (C=O) groups is 1. The third-order valence-electron chi connectivity index (χ3n) is 2.56. The Kier molecular flexibility index (Phi) is 4.49. The molecule has 0 saturated carbocycles. The van der Waals surface area contributed by atoms with Crippen LogP contribution >= 0.6 is 0 Å². The quantitative estimate of drug-likeness (QED) is 0.819. The highest BCUT2D eigenvalue weighted by Crippen LogP contribution is 2.26. The van der Waals surface area contributed by atoms with Crippen molar-refractivity contribution < 1.29 is 14.2 Å². The maximum atomic E-state index is 11.4. The lowest BCUT2D eigenvalue weighted by atomic mass is 10.1. The van der Waals surface area contributed by atoms with Crippen LogP contribution in [0.4, 0.5) is 5.82 Å². The van der Waals surface area contributed by atoms with Crippen molar-refractivity contribution in [3.63, 3.8) is 0 Å². The molecule has 1 heterocycles. The molecule has 1 amide bonds. The number of aromatic nitrogens is 2. The second-order valence-electron chi connectivity index (χ2n) is 3.99. The third-order valence-corrected chi connectivity index (χ3v) is 2.56. The molecule has 6 heteroatoms. The van der Waals surface area contributed by atoms with Crippen LogP contribution < -0.4 is 10.1 Å². The van der Waals surface area contributed by atoms with Gasteiger partial charge >= 0.3 is 0 Å². The normalized spacial score (nSPS) is 10.1. The van der Waals surface area contributed by atoms with E-state index in [4.69, 9.17) is 4.74 Å². The van der Waals surface area contributed by atoms with Crippen molar-refractivity contribution in [2.24, 2.45) is 0 Å². The Bertz CT molecular complexity index is 590. The molecule has 0 bridgehead atoms. The highest BCUT2D eigenvalue weighted by Gasteiger charge is 2.14.